The molecule has 0 fully saturated rings. The third-order valence-electron chi connectivity index (χ3n) is 1.08. The number of rotatable bonds is 2. The lowest BCUT2D eigenvalue weighted by Gasteiger charge is -2.15. The van der Waals surface area contributed by atoms with Gasteiger partial charge in [0.15, 0.2) is 5.81 Å². The zero-order chi connectivity index (χ0) is 6.57. The summed E-state index contributed by atoms with van der Waals surface area (Å²) in [4.78, 5) is 11.9. The van der Waals surface area contributed by atoms with Crippen LogP contribution in [0.2, 0.25) is 0 Å². The minimum absolute atomic E-state index is 0.338. The molecule has 2 nitrogen and oxygen atoms in total. The summed E-state index contributed by atoms with van der Waals surface area (Å²) >= 11 is 0. The lowest BCUT2D eigenvalue weighted by molar-refractivity contribution is 0.227. The molecule has 0 aliphatic rings. The molecule has 8 heavy (non-hydrogen) atoms. The predicted octanol–water partition coefficient (Wildman–Crippen LogP) is 0.617. The summed E-state index contributed by atoms with van der Waals surface area (Å²) in [5, 5.41) is 0. The van der Waals surface area contributed by atoms with E-state index in [0.717, 1.165) is 0 Å². The van der Waals surface area contributed by atoms with Crippen LogP contribution in [0.15, 0.2) is 0 Å². The van der Waals surface area contributed by atoms with Gasteiger partial charge in [0.05, 0.1) is 0 Å². The molecule has 0 rings (SSSR count). The first-order chi connectivity index (χ1) is 3.72. The topological polar surface area (TPSA) is 20.3 Å². The van der Waals surface area contributed by atoms with Crippen molar-refractivity contribution in [2.24, 2.45) is 0 Å². The van der Waals surface area contributed by atoms with Crippen LogP contribution in [0.1, 0.15) is 13.8 Å². The van der Waals surface area contributed by atoms with Gasteiger partial charge in [0.25, 0.3) is 0 Å². The maximum atomic E-state index is 10.3. The molecule has 0 saturated heterocycles. The summed E-state index contributed by atoms with van der Waals surface area (Å²) in [6.07, 6.45) is 0. The van der Waals surface area contributed by atoms with E-state index in [0.29, 0.717) is 13.1 Å². The molecular weight excluding hydrogens is 101 g/mol. The summed E-state index contributed by atoms with van der Waals surface area (Å²) < 4.78 is 0. The van der Waals surface area contributed by atoms with Crippen LogP contribution in [-0.4, -0.2) is 31.6 Å². The molecule has 0 aliphatic carbocycles. The third-order valence-corrected chi connectivity index (χ3v) is 1.08. The highest BCUT2D eigenvalue weighted by atomic mass is 16.1. The number of amides is 1. The Morgan fingerprint density at radius 3 is 1.88 bits per heavy atom. The molecule has 44 valence electrons. The highest BCUT2D eigenvalue weighted by Gasteiger charge is 1.98. The highest BCUT2D eigenvalue weighted by molar-refractivity contribution is 6.56. The van der Waals surface area contributed by atoms with Crippen LogP contribution in [0.3, 0.4) is 0 Å². The van der Waals surface area contributed by atoms with Crippen LogP contribution in [0.4, 0.5) is 4.79 Å². The number of hydrogen-bond acceptors (Lipinski definition) is 1. The molecule has 0 spiro atoms. The van der Waals surface area contributed by atoms with Gasteiger partial charge in [0.1, 0.15) is 0 Å². The molecule has 1 amide bonds. The minimum Gasteiger partial charge on any atom is -0.353 e. The zero-order valence-corrected chi connectivity index (χ0v) is 5.35. The maximum Gasteiger partial charge on any atom is 0.200 e. The van der Waals surface area contributed by atoms with Gasteiger partial charge >= 0.3 is 0 Å². The fourth-order valence-electron chi connectivity index (χ4n) is 0.535. The summed E-state index contributed by atoms with van der Waals surface area (Å²) in [7, 11) is 4.94. The van der Waals surface area contributed by atoms with E-state index in [-0.39, 0.29) is 5.81 Å². The Morgan fingerprint density at radius 2 is 1.88 bits per heavy atom. The van der Waals surface area contributed by atoms with E-state index in [9.17, 15) is 4.79 Å². The van der Waals surface area contributed by atoms with Crippen molar-refractivity contribution < 1.29 is 4.79 Å². The Hall–Kier alpha value is -0.465. The molecule has 0 aliphatic heterocycles. The number of hydrogen-bond donors (Lipinski definition) is 0. The van der Waals surface area contributed by atoms with Crippen molar-refractivity contribution in [3.05, 3.63) is 0 Å². The van der Waals surface area contributed by atoms with Crippen molar-refractivity contribution in [3.8, 4) is 0 Å². The molecule has 0 atom stereocenters. The first-order valence-corrected chi connectivity index (χ1v) is 2.76. The van der Waals surface area contributed by atoms with Crippen molar-refractivity contribution >= 4 is 13.7 Å². The first-order valence-electron chi connectivity index (χ1n) is 2.76. The van der Waals surface area contributed by atoms with Crippen LogP contribution in [0, 0.1) is 0 Å². The molecule has 0 N–H and O–H groups in total. The fourth-order valence-corrected chi connectivity index (χ4v) is 0.535. The fraction of sp³-hybridized carbons (Fsp3) is 0.800. The first kappa shape index (κ1) is 7.53. The molecule has 0 heterocycles. The zero-order valence-electron chi connectivity index (χ0n) is 5.35. The third kappa shape index (κ3) is 2.00. The predicted molar refractivity (Wildman–Crippen MR) is 34.1 cm³/mol. The molecule has 2 radical (unpaired) electrons. The van der Waals surface area contributed by atoms with Gasteiger partial charge in [-0.15, -0.1) is 0 Å². The van der Waals surface area contributed by atoms with E-state index in [1.54, 1.807) is 4.90 Å². The number of carbonyl (C=O) groups is 1. The second-order valence-electron chi connectivity index (χ2n) is 1.51. The van der Waals surface area contributed by atoms with Crippen molar-refractivity contribution in [1.82, 2.24) is 4.90 Å². The molecule has 0 aromatic rings. The van der Waals surface area contributed by atoms with Crippen molar-refractivity contribution in [1.29, 1.82) is 0 Å². The van der Waals surface area contributed by atoms with Crippen LogP contribution >= 0.6 is 0 Å². The summed E-state index contributed by atoms with van der Waals surface area (Å²) in [6.45, 7) is 5.19. The number of carbonyl (C=O) groups excluding carboxylic acids is 1. The average molecular weight is 111 g/mol. The van der Waals surface area contributed by atoms with E-state index < -0.39 is 0 Å². The van der Waals surface area contributed by atoms with Crippen molar-refractivity contribution in [2.45, 2.75) is 13.8 Å². The molecule has 3 heteroatoms. The molecular formula is C5H10BNO. The van der Waals surface area contributed by atoms with Crippen molar-refractivity contribution in [2.75, 3.05) is 13.1 Å². The van der Waals surface area contributed by atoms with Gasteiger partial charge in [-0.25, -0.2) is 0 Å². The van der Waals surface area contributed by atoms with Gasteiger partial charge in [0, 0.05) is 13.1 Å². The van der Waals surface area contributed by atoms with Crippen LogP contribution in [-0.2, 0) is 0 Å². The van der Waals surface area contributed by atoms with Crippen LogP contribution in [0.5, 0.6) is 0 Å². The Kier molecular flexibility index (Phi) is 3.32. The average Bonchev–Trinajstić information content (AvgIpc) is 1.69. The SMILES string of the molecule is [B]C(=O)N(CC)CC. The molecule has 0 unspecified atom stereocenters. The normalized spacial score (nSPS) is 8.75. The van der Waals surface area contributed by atoms with E-state index >= 15 is 0 Å². The smallest absolute Gasteiger partial charge is 0.200 e. The molecule has 0 bridgehead atoms. The lowest BCUT2D eigenvalue weighted by atomic mass is 10.1. The summed E-state index contributed by atoms with van der Waals surface area (Å²) in [6, 6.07) is 0. The number of nitrogens with zero attached hydrogens (tertiary/aromatic N) is 1. The van der Waals surface area contributed by atoms with Gasteiger partial charge in [-0.05, 0) is 13.8 Å². The Bertz CT molecular complexity index is 80.5. The van der Waals surface area contributed by atoms with Crippen molar-refractivity contribution in [3.63, 3.8) is 0 Å². The van der Waals surface area contributed by atoms with Crippen LogP contribution < -0.4 is 0 Å². The monoisotopic (exact) mass is 111 g/mol. The minimum atomic E-state index is -0.338. The highest BCUT2D eigenvalue weighted by Crippen LogP contribution is 1.84. The Morgan fingerprint density at radius 1 is 1.50 bits per heavy atom. The largest absolute Gasteiger partial charge is 0.353 e. The van der Waals surface area contributed by atoms with E-state index in [4.69, 9.17) is 7.85 Å². The lowest BCUT2D eigenvalue weighted by Crippen LogP contribution is -2.28. The standard InChI is InChI=1S/C5H10BNO/c1-3-7(4-2)5(6)8/h3-4H2,1-2H3. The maximum absolute atomic E-state index is 10.3. The van der Waals surface area contributed by atoms with E-state index in [1.165, 1.54) is 0 Å². The van der Waals surface area contributed by atoms with Crippen LogP contribution in [0.25, 0.3) is 0 Å². The van der Waals surface area contributed by atoms with Gasteiger partial charge in [0.2, 0.25) is 7.85 Å². The molecule has 0 aromatic heterocycles. The molecule has 0 aromatic carbocycles. The van der Waals surface area contributed by atoms with Gasteiger partial charge in [-0.2, -0.15) is 0 Å². The van der Waals surface area contributed by atoms with E-state index in [1.807, 2.05) is 13.8 Å². The van der Waals surface area contributed by atoms with Gasteiger partial charge < -0.3 is 4.90 Å². The Labute approximate surface area is 51.3 Å². The molecule has 0 saturated carbocycles. The quantitative estimate of drug-likeness (QED) is 0.478. The van der Waals surface area contributed by atoms with E-state index in [2.05, 4.69) is 0 Å². The summed E-state index contributed by atoms with van der Waals surface area (Å²) in [5.74, 6) is -0.338. The second kappa shape index (κ2) is 3.53. The summed E-state index contributed by atoms with van der Waals surface area (Å²) in [5.41, 5.74) is 0. The second-order valence-corrected chi connectivity index (χ2v) is 1.51. The van der Waals surface area contributed by atoms with Gasteiger partial charge in [-0.3, -0.25) is 4.79 Å². The van der Waals surface area contributed by atoms with Gasteiger partial charge in [-0.1, -0.05) is 0 Å². The Balaban J connectivity index is 3.52.